The average Bonchev–Trinajstić information content (AvgIpc) is 3.30. The summed E-state index contributed by atoms with van der Waals surface area (Å²) in [5.41, 5.74) is 3.25. The third-order valence-corrected chi connectivity index (χ3v) is 6.38. The second-order valence-electron chi connectivity index (χ2n) is 7.20. The van der Waals surface area contributed by atoms with Crippen molar-refractivity contribution in [3.05, 3.63) is 63.4 Å². The van der Waals surface area contributed by atoms with E-state index in [-0.39, 0.29) is 26.3 Å². The van der Waals surface area contributed by atoms with E-state index in [1.807, 2.05) is 0 Å². The number of nitrogens with two attached hydrogens (primary N) is 1. The van der Waals surface area contributed by atoms with Gasteiger partial charge in [-0.2, -0.15) is 18.3 Å². The predicted molar refractivity (Wildman–Crippen MR) is 120 cm³/mol. The molecule has 182 valence electrons. The molecule has 0 unspecified atom stereocenters. The van der Waals surface area contributed by atoms with Gasteiger partial charge in [-0.15, -0.1) is 11.3 Å². The Bertz CT molecular complexity index is 1470. The number of alkyl halides is 5. The van der Waals surface area contributed by atoms with Crippen LogP contribution in [-0.2, 0) is 13.2 Å². The lowest BCUT2D eigenvalue weighted by Crippen LogP contribution is -2.19. The number of amides is 2. The number of nitrogens with one attached hydrogen (secondary N) is 1. The third kappa shape index (κ3) is 4.44. The van der Waals surface area contributed by atoms with Crippen LogP contribution in [0.15, 0.2) is 36.4 Å². The van der Waals surface area contributed by atoms with Crippen LogP contribution in [0.5, 0.6) is 0 Å². The first-order valence-electron chi connectivity index (χ1n) is 9.62. The molecule has 35 heavy (non-hydrogen) atoms. The van der Waals surface area contributed by atoms with Crippen molar-refractivity contribution in [1.29, 1.82) is 0 Å². The van der Waals surface area contributed by atoms with Crippen molar-refractivity contribution < 1.29 is 31.5 Å². The Morgan fingerprint density at radius 3 is 2.40 bits per heavy atom. The van der Waals surface area contributed by atoms with E-state index in [4.69, 9.17) is 17.3 Å². The van der Waals surface area contributed by atoms with Gasteiger partial charge in [0.05, 0.1) is 5.69 Å². The number of carbonyl (C=O) groups is 2. The maximum atomic E-state index is 13.5. The van der Waals surface area contributed by atoms with Gasteiger partial charge in [-0.1, -0.05) is 41.9 Å². The van der Waals surface area contributed by atoms with Gasteiger partial charge in [0.1, 0.15) is 26.1 Å². The molecular weight excluding hydrogens is 517 g/mol. The maximum Gasteiger partial charge on any atom is 0.436 e. The molecular formula is C21H13ClF5N5O2S. The van der Waals surface area contributed by atoms with Crippen molar-refractivity contribution in [2.24, 2.45) is 12.8 Å². The highest BCUT2D eigenvalue weighted by molar-refractivity contribution is 7.21. The van der Waals surface area contributed by atoms with E-state index in [0.717, 1.165) is 13.1 Å². The van der Waals surface area contributed by atoms with Crippen molar-refractivity contribution in [1.82, 2.24) is 14.8 Å². The fourth-order valence-electron chi connectivity index (χ4n) is 3.47. The summed E-state index contributed by atoms with van der Waals surface area (Å²) in [6.45, 7) is 0. The van der Waals surface area contributed by atoms with E-state index in [1.165, 1.54) is 0 Å². The van der Waals surface area contributed by atoms with Gasteiger partial charge in [0.15, 0.2) is 5.69 Å². The first-order valence-corrected chi connectivity index (χ1v) is 10.8. The number of anilines is 1. The number of nitrogens with zero attached hydrogens (tertiary/aromatic N) is 3. The SMILES string of the molecule is Cn1nc(C(F)(F)F)c(Cl)c1C(=O)Nc1c(C(N)=O)sc2nc(C(F)F)cc(-c3ccccc3)c12. The van der Waals surface area contributed by atoms with Gasteiger partial charge >= 0.3 is 6.18 Å². The van der Waals surface area contributed by atoms with Crippen molar-refractivity contribution in [3.8, 4) is 11.1 Å². The van der Waals surface area contributed by atoms with E-state index in [9.17, 15) is 31.5 Å². The van der Waals surface area contributed by atoms with Crippen LogP contribution in [0.2, 0.25) is 5.02 Å². The van der Waals surface area contributed by atoms with Crippen LogP contribution >= 0.6 is 22.9 Å². The maximum absolute atomic E-state index is 13.5. The Balaban J connectivity index is 1.94. The summed E-state index contributed by atoms with van der Waals surface area (Å²) in [5, 5.41) is 4.80. The Hall–Kier alpha value is -3.58. The molecule has 4 rings (SSSR count). The van der Waals surface area contributed by atoms with Crippen LogP contribution in [0, 0.1) is 0 Å². The molecule has 1 aromatic carbocycles. The highest BCUT2D eigenvalue weighted by Gasteiger charge is 2.40. The zero-order valence-corrected chi connectivity index (χ0v) is 19.0. The number of carbonyl (C=O) groups excluding carboxylic acids is 2. The summed E-state index contributed by atoms with van der Waals surface area (Å²) in [4.78, 5) is 28.8. The molecule has 14 heteroatoms. The summed E-state index contributed by atoms with van der Waals surface area (Å²) < 4.78 is 67.3. The molecule has 0 bridgehead atoms. The summed E-state index contributed by atoms with van der Waals surface area (Å²) in [6.07, 6.45) is -7.86. The van der Waals surface area contributed by atoms with Crippen LogP contribution in [0.3, 0.4) is 0 Å². The van der Waals surface area contributed by atoms with Crippen molar-refractivity contribution in [3.63, 3.8) is 0 Å². The van der Waals surface area contributed by atoms with Gasteiger partial charge in [0.2, 0.25) is 0 Å². The number of aromatic nitrogens is 3. The molecule has 0 saturated heterocycles. The third-order valence-electron chi connectivity index (χ3n) is 4.93. The molecule has 0 aliphatic rings. The number of hydrogen-bond donors (Lipinski definition) is 2. The highest BCUT2D eigenvalue weighted by Crippen LogP contribution is 2.43. The summed E-state index contributed by atoms with van der Waals surface area (Å²) >= 11 is 6.46. The molecule has 3 aromatic heterocycles. The van der Waals surface area contributed by atoms with Crippen molar-refractivity contribution >= 4 is 50.7 Å². The van der Waals surface area contributed by atoms with Gasteiger partial charge in [0, 0.05) is 12.4 Å². The molecule has 0 fully saturated rings. The number of fused-ring (bicyclic) bond motifs is 1. The van der Waals surface area contributed by atoms with Crippen LogP contribution in [0.1, 0.15) is 38.0 Å². The number of hydrogen-bond acceptors (Lipinski definition) is 5. The number of pyridine rings is 1. The topological polar surface area (TPSA) is 103 Å². The Kier molecular flexibility index (Phi) is 6.23. The fraction of sp³-hybridized carbons (Fsp3) is 0.143. The zero-order valence-electron chi connectivity index (χ0n) is 17.5. The Labute approximate surface area is 202 Å². The number of aryl methyl sites for hydroxylation is 1. The number of rotatable bonds is 5. The van der Waals surface area contributed by atoms with Crippen LogP contribution in [-0.4, -0.2) is 26.6 Å². The molecule has 4 aromatic rings. The highest BCUT2D eigenvalue weighted by atomic mass is 35.5. The van der Waals surface area contributed by atoms with E-state index in [1.54, 1.807) is 30.3 Å². The molecule has 0 aliphatic heterocycles. The van der Waals surface area contributed by atoms with Crippen molar-refractivity contribution in [2.45, 2.75) is 12.6 Å². The van der Waals surface area contributed by atoms with E-state index in [0.29, 0.717) is 21.6 Å². The minimum Gasteiger partial charge on any atom is -0.365 e. The minimum atomic E-state index is -4.92. The second kappa shape index (κ2) is 8.89. The van der Waals surface area contributed by atoms with Gasteiger partial charge in [-0.05, 0) is 17.2 Å². The lowest BCUT2D eigenvalue weighted by Gasteiger charge is -2.11. The zero-order chi connectivity index (χ0) is 25.7. The minimum absolute atomic E-state index is 0.0298. The lowest BCUT2D eigenvalue weighted by atomic mass is 10.0. The van der Waals surface area contributed by atoms with E-state index >= 15 is 0 Å². The van der Waals surface area contributed by atoms with Crippen LogP contribution in [0.4, 0.5) is 27.6 Å². The van der Waals surface area contributed by atoms with Gasteiger partial charge in [-0.25, -0.2) is 13.8 Å². The molecule has 3 heterocycles. The first-order chi connectivity index (χ1) is 16.4. The molecule has 2 amide bonds. The number of primary amides is 1. The normalized spacial score (nSPS) is 11.9. The van der Waals surface area contributed by atoms with Crippen LogP contribution < -0.4 is 11.1 Å². The lowest BCUT2D eigenvalue weighted by molar-refractivity contribution is -0.141. The number of thiophene rings is 1. The largest absolute Gasteiger partial charge is 0.436 e. The Morgan fingerprint density at radius 1 is 1.20 bits per heavy atom. The quantitative estimate of drug-likeness (QED) is 0.326. The molecule has 7 nitrogen and oxygen atoms in total. The van der Waals surface area contributed by atoms with Gasteiger partial charge in [-0.3, -0.25) is 14.3 Å². The molecule has 0 saturated carbocycles. The smallest absolute Gasteiger partial charge is 0.365 e. The fourth-order valence-corrected chi connectivity index (χ4v) is 4.83. The van der Waals surface area contributed by atoms with E-state index in [2.05, 4.69) is 15.4 Å². The van der Waals surface area contributed by atoms with E-state index < -0.39 is 46.5 Å². The predicted octanol–water partition coefficient (Wildman–Crippen LogP) is 5.66. The summed E-state index contributed by atoms with van der Waals surface area (Å²) in [6, 6.07) is 9.34. The first kappa shape index (κ1) is 24.5. The van der Waals surface area contributed by atoms with Gasteiger partial charge in [0.25, 0.3) is 18.2 Å². The molecule has 0 radical (unpaired) electrons. The summed E-state index contributed by atoms with van der Waals surface area (Å²) in [7, 11) is 1.09. The number of halogens is 6. The number of benzene rings is 1. The monoisotopic (exact) mass is 529 g/mol. The molecule has 3 N–H and O–H groups in total. The van der Waals surface area contributed by atoms with Gasteiger partial charge < -0.3 is 11.1 Å². The molecule has 0 atom stereocenters. The molecule has 0 aliphatic carbocycles. The summed E-state index contributed by atoms with van der Waals surface area (Å²) in [5.74, 6) is -2.13. The van der Waals surface area contributed by atoms with Crippen molar-refractivity contribution in [2.75, 3.05) is 5.32 Å². The molecule has 0 spiro atoms. The van der Waals surface area contributed by atoms with Crippen LogP contribution in [0.25, 0.3) is 21.3 Å². The second-order valence-corrected chi connectivity index (χ2v) is 8.58. The standard InChI is InChI=1S/C21H13ClF5N5O2S/c1-32-14(12(22)16(31-32)21(25,26)27)19(34)30-13-11-9(8-5-3-2-4-6-8)7-10(17(23)24)29-20(11)35-15(13)18(28)33/h2-7,17H,1H3,(H2,28,33)(H,30,34). The Morgan fingerprint density at radius 2 is 1.86 bits per heavy atom. The average molecular weight is 530 g/mol.